The lowest BCUT2D eigenvalue weighted by Crippen LogP contribution is -2.45. The minimum absolute atomic E-state index is 0.0676. The molecule has 0 radical (unpaired) electrons. The van der Waals surface area contributed by atoms with E-state index in [-0.39, 0.29) is 10.5 Å². The number of hydrogen-bond acceptors (Lipinski definition) is 6. The lowest BCUT2D eigenvalue weighted by atomic mass is 10.2. The smallest absolute Gasteiger partial charge is 0.339 e. The number of sulfonamides is 1. The van der Waals surface area contributed by atoms with Crippen molar-refractivity contribution in [3.63, 3.8) is 0 Å². The Hall–Kier alpha value is -1.64. The fraction of sp³-hybridized carbons (Fsp3) is 0.462. The van der Waals surface area contributed by atoms with E-state index in [1.54, 1.807) is 5.01 Å². The number of nitrogen functional groups attached to an aromatic ring is 1. The lowest BCUT2D eigenvalue weighted by molar-refractivity contribution is 0.0596. The molecule has 116 valence electrons. The minimum atomic E-state index is -3.84. The average Bonchev–Trinajstić information content (AvgIpc) is 2.46. The molecule has 1 heterocycles. The number of nitrogens with zero attached hydrogens (tertiary/aromatic N) is 1. The van der Waals surface area contributed by atoms with Gasteiger partial charge in [0.25, 0.3) is 10.0 Å². The van der Waals surface area contributed by atoms with E-state index in [9.17, 15) is 13.2 Å². The van der Waals surface area contributed by atoms with Crippen molar-refractivity contribution in [1.29, 1.82) is 0 Å². The van der Waals surface area contributed by atoms with Crippen molar-refractivity contribution in [2.75, 3.05) is 25.9 Å². The summed E-state index contributed by atoms with van der Waals surface area (Å²) < 4.78 is 29.5. The number of carbonyl (C=O) groups is 1. The number of hydrazine groups is 1. The molecule has 21 heavy (non-hydrogen) atoms. The van der Waals surface area contributed by atoms with Gasteiger partial charge in [0.15, 0.2) is 0 Å². The van der Waals surface area contributed by atoms with Crippen LogP contribution in [0.1, 0.15) is 29.6 Å². The summed E-state index contributed by atoms with van der Waals surface area (Å²) >= 11 is 0. The Kier molecular flexibility index (Phi) is 4.81. The van der Waals surface area contributed by atoms with Gasteiger partial charge in [-0.3, -0.25) is 0 Å². The number of piperidine rings is 1. The second-order valence-electron chi connectivity index (χ2n) is 4.89. The third-order valence-electron chi connectivity index (χ3n) is 3.30. The first-order valence-electron chi connectivity index (χ1n) is 6.69. The first kappa shape index (κ1) is 15.7. The first-order chi connectivity index (χ1) is 9.94. The van der Waals surface area contributed by atoms with Crippen LogP contribution < -0.4 is 10.6 Å². The van der Waals surface area contributed by atoms with E-state index < -0.39 is 16.0 Å². The maximum Gasteiger partial charge on any atom is 0.339 e. The van der Waals surface area contributed by atoms with Gasteiger partial charge >= 0.3 is 5.97 Å². The van der Waals surface area contributed by atoms with Crippen LogP contribution in [-0.4, -0.2) is 39.6 Å². The molecule has 0 amide bonds. The Balaban J connectivity index is 2.32. The molecule has 0 unspecified atom stereocenters. The zero-order chi connectivity index (χ0) is 15.5. The average molecular weight is 313 g/mol. The van der Waals surface area contributed by atoms with Crippen molar-refractivity contribution in [3.05, 3.63) is 23.8 Å². The van der Waals surface area contributed by atoms with E-state index in [0.717, 1.165) is 19.3 Å². The van der Waals surface area contributed by atoms with Crippen LogP contribution in [0.25, 0.3) is 0 Å². The normalized spacial score (nSPS) is 16.6. The number of rotatable bonds is 4. The third kappa shape index (κ3) is 3.72. The molecule has 0 atom stereocenters. The van der Waals surface area contributed by atoms with Gasteiger partial charge < -0.3 is 10.5 Å². The molecule has 7 nitrogen and oxygen atoms in total. The maximum absolute atomic E-state index is 12.5. The highest BCUT2D eigenvalue weighted by atomic mass is 32.2. The standard InChI is InChI=1S/C13H19N3O4S/c1-20-13(17)11-9-10(14)5-6-12(11)21(18,19)15-16-7-3-2-4-8-16/h5-6,9,15H,2-4,7-8,14H2,1H3. The van der Waals surface area contributed by atoms with Crippen LogP contribution >= 0.6 is 0 Å². The molecule has 0 spiro atoms. The van der Waals surface area contributed by atoms with Gasteiger partial charge in [0.2, 0.25) is 0 Å². The number of methoxy groups -OCH3 is 1. The van der Waals surface area contributed by atoms with Gasteiger partial charge in [0.05, 0.1) is 17.6 Å². The molecule has 1 aromatic rings. The van der Waals surface area contributed by atoms with E-state index >= 15 is 0 Å². The molecule has 1 aliphatic heterocycles. The van der Waals surface area contributed by atoms with Crippen LogP contribution in [0.4, 0.5) is 5.69 Å². The number of benzene rings is 1. The van der Waals surface area contributed by atoms with Gasteiger partial charge in [-0.05, 0) is 31.0 Å². The molecule has 0 bridgehead atoms. The molecule has 8 heteroatoms. The van der Waals surface area contributed by atoms with E-state index in [2.05, 4.69) is 9.57 Å². The van der Waals surface area contributed by atoms with Crippen LogP contribution in [0, 0.1) is 0 Å². The summed E-state index contributed by atoms with van der Waals surface area (Å²) in [6.45, 7) is 1.31. The topological polar surface area (TPSA) is 102 Å². The zero-order valence-electron chi connectivity index (χ0n) is 11.8. The molecule has 1 aromatic carbocycles. The summed E-state index contributed by atoms with van der Waals surface area (Å²) in [7, 11) is -2.65. The Morgan fingerprint density at radius 1 is 1.29 bits per heavy atom. The lowest BCUT2D eigenvalue weighted by Gasteiger charge is -2.26. The molecule has 1 saturated heterocycles. The summed E-state index contributed by atoms with van der Waals surface area (Å²) in [5, 5.41) is 1.65. The van der Waals surface area contributed by atoms with Crippen molar-refractivity contribution in [3.8, 4) is 0 Å². The van der Waals surface area contributed by atoms with E-state index in [0.29, 0.717) is 18.8 Å². The molecule has 0 aromatic heterocycles. The van der Waals surface area contributed by atoms with Gasteiger partial charge in [0.1, 0.15) is 0 Å². The minimum Gasteiger partial charge on any atom is -0.465 e. The molecule has 1 aliphatic rings. The van der Waals surface area contributed by atoms with E-state index in [1.165, 1.54) is 25.3 Å². The summed E-state index contributed by atoms with van der Waals surface area (Å²) in [6.07, 6.45) is 2.97. The number of esters is 1. The Morgan fingerprint density at radius 3 is 2.57 bits per heavy atom. The van der Waals surface area contributed by atoms with Gasteiger partial charge in [-0.1, -0.05) is 6.42 Å². The van der Waals surface area contributed by atoms with Crippen LogP contribution in [-0.2, 0) is 14.8 Å². The molecule has 1 fully saturated rings. The van der Waals surface area contributed by atoms with Crippen LogP contribution in [0.5, 0.6) is 0 Å². The number of carbonyl (C=O) groups excluding carboxylic acids is 1. The fourth-order valence-electron chi connectivity index (χ4n) is 2.26. The number of anilines is 1. The quantitative estimate of drug-likeness (QED) is 0.628. The predicted octanol–water partition coefficient (Wildman–Crippen LogP) is 0.735. The number of nitrogens with one attached hydrogen (secondary N) is 1. The monoisotopic (exact) mass is 313 g/mol. The largest absolute Gasteiger partial charge is 0.465 e. The predicted molar refractivity (Wildman–Crippen MR) is 77.9 cm³/mol. The van der Waals surface area contributed by atoms with Crippen LogP contribution in [0.15, 0.2) is 23.1 Å². The van der Waals surface area contributed by atoms with Gasteiger partial charge in [0, 0.05) is 18.8 Å². The first-order valence-corrected chi connectivity index (χ1v) is 8.17. The van der Waals surface area contributed by atoms with Gasteiger partial charge in [-0.15, -0.1) is 4.83 Å². The Labute approximate surface area is 124 Å². The Bertz CT molecular complexity index is 624. The SMILES string of the molecule is COC(=O)c1cc(N)ccc1S(=O)(=O)NN1CCCCC1. The molecular weight excluding hydrogens is 294 g/mol. The van der Waals surface area contributed by atoms with Gasteiger partial charge in [-0.25, -0.2) is 18.2 Å². The van der Waals surface area contributed by atoms with E-state index in [1.807, 2.05) is 0 Å². The molecular formula is C13H19N3O4S. The van der Waals surface area contributed by atoms with Crippen molar-refractivity contribution in [2.24, 2.45) is 0 Å². The molecule has 2 rings (SSSR count). The second-order valence-corrected chi connectivity index (χ2v) is 6.52. The van der Waals surface area contributed by atoms with Crippen LogP contribution in [0.3, 0.4) is 0 Å². The fourth-order valence-corrected chi connectivity index (χ4v) is 3.56. The second kappa shape index (κ2) is 6.42. The van der Waals surface area contributed by atoms with Crippen molar-refractivity contribution >= 4 is 21.7 Å². The zero-order valence-corrected chi connectivity index (χ0v) is 12.6. The number of ether oxygens (including phenoxy) is 1. The van der Waals surface area contributed by atoms with Gasteiger partial charge in [-0.2, -0.15) is 0 Å². The summed E-state index contributed by atoms with van der Waals surface area (Å²) in [6, 6.07) is 4.06. The van der Waals surface area contributed by atoms with Crippen molar-refractivity contribution in [2.45, 2.75) is 24.2 Å². The molecule has 0 saturated carbocycles. The maximum atomic E-state index is 12.5. The van der Waals surface area contributed by atoms with Crippen molar-refractivity contribution < 1.29 is 17.9 Å². The Morgan fingerprint density at radius 2 is 1.95 bits per heavy atom. The highest BCUT2D eigenvalue weighted by Gasteiger charge is 2.25. The highest BCUT2D eigenvalue weighted by Crippen LogP contribution is 2.20. The van der Waals surface area contributed by atoms with Crippen LogP contribution in [0.2, 0.25) is 0 Å². The highest BCUT2D eigenvalue weighted by molar-refractivity contribution is 7.89. The molecule has 0 aliphatic carbocycles. The number of hydrogen-bond donors (Lipinski definition) is 2. The number of nitrogens with two attached hydrogens (primary N) is 1. The van der Waals surface area contributed by atoms with Crippen molar-refractivity contribution in [1.82, 2.24) is 9.84 Å². The third-order valence-corrected chi connectivity index (χ3v) is 4.74. The summed E-state index contributed by atoms with van der Waals surface area (Å²) in [5.41, 5.74) is 5.84. The van der Waals surface area contributed by atoms with E-state index in [4.69, 9.17) is 5.73 Å². The molecule has 3 N–H and O–H groups in total. The summed E-state index contributed by atoms with van der Waals surface area (Å²) in [4.78, 5) is 14.1. The summed E-state index contributed by atoms with van der Waals surface area (Å²) in [5.74, 6) is -0.735.